The van der Waals surface area contributed by atoms with Crippen molar-refractivity contribution in [3.63, 3.8) is 0 Å². The first-order chi connectivity index (χ1) is 14.0. The zero-order valence-corrected chi connectivity index (χ0v) is 16.3. The lowest BCUT2D eigenvalue weighted by Crippen LogP contribution is -2.38. The highest BCUT2D eigenvalue weighted by atomic mass is 16.2. The van der Waals surface area contributed by atoms with Crippen molar-refractivity contribution in [2.24, 2.45) is 16.8 Å². The van der Waals surface area contributed by atoms with Crippen molar-refractivity contribution < 1.29 is 9.59 Å². The second kappa shape index (κ2) is 8.00. The molecular formula is C21H24N6O2. The highest BCUT2D eigenvalue weighted by Gasteiger charge is 2.27. The van der Waals surface area contributed by atoms with Crippen LogP contribution in [0.3, 0.4) is 0 Å². The Labute approximate surface area is 169 Å². The molecule has 8 nitrogen and oxygen atoms in total. The predicted octanol–water partition coefficient (Wildman–Crippen LogP) is 2.16. The average molecular weight is 392 g/mol. The molecule has 8 heteroatoms. The van der Waals surface area contributed by atoms with Gasteiger partial charge in [0.15, 0.2) is 0 Å². The topological polar surface area (TPSA) is 104 Å². The fourth-order valence-electron chi connectivity index (χ4n) is 3.68. The molecule has 29 heavy (non-hydrogen) atoms. The lowest BCUT2D eigenvalue weighted by Gasteiger charge is -2.27. The molecule has 3 heterocycles. The number of hydrazone groups is 1. The highest BCUT2D eigenvalue weighted by Crippen LogP contribution is 2.24. The number of hydrogen-bond donors (Lipinski definition) is 2. The van der Waals surface area contributed by atoms with Crippen molar-refractivity contribution in [3.8, 4) is 0 Å². The second-order valence-corrected chi connectivity index (χ2v) is 7.40. The average Bonchev–Trinajstić information content (AvgIpc) is 3.15. The van der Waals surface area contributed by atoms with E-state index in [-0.39, 0.29) is 17.9 Å². The number of urea groups is 1. The molecule has 0 bridgehead atoms. The third kappa shape index (κ3) is 3.97. The van der Waals surface area contributed by atoms with Crippen molar-refractivity contribution >= 4 is 23.3 Å². The minimum atomic E-state index is -0.142. The SMILES string of the molecule is CC1CC(=O)N(CCN)N=C1c1ccc(NC(=O)N2Cc3ccncc3C2)cc1. The molecule has 0 saturated carbocycles. The van der Waals surface area contributed by atoms with E-state index in [2.05, 4.69) is 15.4 Å². The molecule has 3 N–H and O–H groups in total. The summed E-state index contributed by atoms with van der Waals surface area (Å²) in [7, 11) is 0. The Balaban J connectivity index is 1.44. The molecular weight excluding hydrogens is 368 g/mol. The largest absolute Gasteiger partial charge is 0.329 e. The predicted molar refractivity (Wildman–Crippen MR) is 110 cm³/mol. The Morgan fingerprint density at radius 1 is 1.21 bits per heavy atom. The number of carbonyl (C=O) groups is 2. The monoisotopic (exact) mass is 392 g/mol. The van der Waals surface area contributed by atoms with Gasteiger partial charge in [-0.15, -0.1) is 0 Å². The van der Waals surface area contributed by atoms with E-state index in [1.807, 2.05) is 43.5 Å². The normalized spacial score (nSPS) is 18.5. The van der Waals surface area contributed by atoms with E-state index in [0.29, 0.717) is 38.3 Å². The summed E-state index contributed by atoms with van der Waals surface area (Å²) in [6, 6.07) is 9.36. The lowest BCUT2D eigenvalue weighted by molar-refractivity contribution is -0.132. The van der Waals surface area contributed by atoms with Crippen LogP contribution in [0.25, 0.3) is 0 Å². The van der Waals surface area contributed by atoms with Gasteiger partial charge in [-0.1, -0.05) is 19.1 Å². The molecule has 2 aromatic rings. The van der Waals surface area contributed by atoms with E-state index in [4.69, 9.17) is 5.73 Å². The van der Waals surface area contributed by atoms with Crippen LogP contribution in [-0.4, -0.2) is 45.6 Å². The van der Waals surface area contributed by atoms with Gasteiger partial charge in [0.2, 0.25) is 5.91 Å². The number of carbonyl (C=O) groups excluding carboxylic acids is 2. The number of hydrogen-bond acceptors (Lipinski definition) is 5. The Hall–Kier alpha value is -3.26. The van der Waals surface area contributed by atoms with Crippen LogP contribution in [0.4, 0.5) is 10.5 Å². The first kappa shape index (κ1) is 19.1. The smallest absolute Gasteiger partial charge is 0.322 e. The number of aromatic nitrogens is 1. The highest BCUT2D eigenvalue weighted by molar-refractivity contribution is 6.06. The van der Waals surface area contributed by atoms with Gasteiger partial charge in [0.1, 0.15) is 0 Å². The maximum atomic E-state index is 12.6. The summed E-state index contributed by atoms with van der Waals surface area (Å²) in [5, 5.41) is 8.89. The Morgan fingerprint density at radius 3 is 2.69 bits per heavy atom. The summed E-state index contributed by atoms with van der Waals surface area (Å²) < 4.78 is 0. The summed E-state index contributed by atoms with van der Waals surface area (Å²) >= 11 is 0. The molecule has 0 aliphatic carbocycles. The number of pyridine rings is 1. The fourth-order valence-corrected chi connectivity index (χ4v) is 3.68. The van der Waals surface area contributed by atoms with Crippen LogP contribution in [0, 0.1) is 5.92 Å². The molecule has 0 saturated heterocycles. The minimum Gasteiger partial charge on any atom is -0.329 e. The van der Waals surface area contributed by atoms with E-state index >= 15 is 0 Å². The quantitative estimate of drug-likeness (QED) is 0.832. The summed E-state index contributed by atoms with van der Waals surface area (Å²) in [5.41, 5.74) is 10.3. The van der Waals surface area contributed by atoms with Gasteiger partial charge in [0.05, 0.1) is 12.3 Å². The first-order valence-electron chi connectivity index (χ1n) is 9.72. The van der Waals surface area contributed by atoms with Crippen LogP contribution in [0.2, 0.25) is 0 Å². The van der Waals surface area contributed by atoms with Gasteiger partial charge in [0, 0.05) is 50.1 Å². The number of rotatable bonds is 4. The third-order valence-electron chi connectivity index (χ3n) is 5.25. The van der Waals surface area contributed by atoms with Gasteiger partial charge in [-0.25, -0.2) is 9.80 Å². The molecule has 0 fully saturated rings. The molecule has 150 valence electrons. The van der Waals surface area contributed by atoms with Crippen LogP contribution >= 0.6 is 0 Å². The Kier molecular flexibility index (Phi) is 5.26. The maximum Gasteiger partial charge on any atom is 0.322 e. The van der Waals surface area contributed by atoms with E-state index in [0.717, 1.165) is 22.4 Å². The van der Waals surface area contributed by atoms with Crippen molar-refractivity contribution in [1.82, 2.24) is 14.9 Å². The van der Waals surface area contributed by atoms with E-state index in [9.17, 15) is 9.59 Å². The van der Waals surface area contributed by atoms with Gasteiger partial charge in [0.25, 0.3) is 0 Å². The second-order valence-electron chi connectivity index (χ2n) is 7.40. The number of anilines is 1. The number of nitrogens with two attached hydrogens (primary N) is 1. The number of nitrogens with one attached hydrogen (secondary N) is 1. The van der Waals surface area contributed by atoms with E-state index in [1.54, 1.807) is 11.1 Å². The molecule has 2 aliphatic rings. The molecule has 3 amide bonds. The van der Waals surface area contributed by atoms with Gasteiger partial charge in [-0.3, -0.25) is 9.78 Å². The molecule has 1 atom stereocenters. The van der Waals surface area contributed by atoms with E-state index < -0.39 is 0 Å². The first-order valence-corrected chi connectivity index (χ1v) is 9.72. The molecule has 1 aromatic carbocycles. The summed E-state index contributed by atoms with van der Waals surface area (Å²) in [6.07, 6.45) is 3.97. The Morgan fingerprint density at radius 2 is 1.97 bits per heavy atom. The number of nitrogens with zero attached hydrogens (tertiary/aromatic N) is 4. The molecule has 1 aromatic heterocycles. The van der Waals surface area contributed by atoms with Gasteiger partial charge in [-0.05, 0) is 34.9 Å². The fraction of sp³-hybridized carbons (Fsp3) is 0.333. The zero-order chi connectivity index (χ0) is 20.4. The minimum absolute atomic E-state index is 0.00241. The molecule has 2 aliphatic heterocycles. The molecule has 4 rings (SSSR count). The number of amides is 3. The molecule has 1 unspecified atom stereocenters. The third-order valence-corrected chi connectivity index (χ3v) is 5.25. The van der Waals surface area contributed by atoms with Crippen molar-refractivity contribution in [1.29, 1.82) is 0 Å². The molecule has 0 spiro atoms. The Bertz CT molecular complexity index is 931. The lowest BCUT2D eigenvalue weighted by atomic mass is 9.93. The van der Waals surface area contributed by atoms with Crippen LogP contribution in [0.1, 0.15) is 30.0 Å². The standard InChI is InChI=1S/C21H24N6O2/c1-14-10-19(28)27(9-7-22)25-20(14)15-2-4-18(5-3-15)24-21(29)26-12-16-6-8-23-11-17(16)13-26/h2-6,8,11,14H,7,9-10,12-13,22H2,1H3,(H,24,29). The van der Waals surface area contributed by atoms with Crippen molar-refractivity contribution in [2.75, 3.05) is 18.4 Å². The summed E-state index contributed by atoms with van der Waals surface area (Å²) in [6.45, 7) is 3.93. The van der Waals surface area contributed by atoms with Gasteiger partial charge >= 0.3 is 6.03 Å². The summed E-state index contributed by atoms with van der Waals surface area (Å²) in [4.78, 5) is 30.5. The van der Waals surface area contributed by atoms with Crippen molar-refractivity contribution in [2.45, 2.75) is 26.4 Å². The van der Waals surface area contributed by atoms with E-state index in [1.165, 1.54) is 5.01 Å². The maximum absolute atomic E-state index is 12.6. The van der Waals surface area contributed by atoms with Crippen LogP contribution in [0.5, 0.6) is 0 Å². The summed E-state index contributed by atoms with van der Waals surface area (Å²) in [5.74, 6) is 0.0334. The van der Waals surface area contributed by atoms with Gasteiger partial charge in [-0.2, -0.15) is 5.10 Å². The number of benzene rings is 1. The van der Waals surface area contributed by atoms with Crippen LogP contribution in [-0.2, 0) is 17.9 Å². The van der Waals surface area contributed by atoms with Crippen LogP contribution < -0.4 is 11.1 Å². The van der Waals surface area contributed by atoms with Crippen molar-refractivity contribution in [3.05, 3.63) is 59.4 Å². The number of fused-ring (bicyclic) bond motifs is 1. The molecule has 0 radical (unpaired) electrons. The zero-order valence-electron chi connectivity index (χ0n) is 16.3. The van der Waals surface area contributed by atoms with Crippen LogP contribution in [0.15, 0.2) is 47.8 Å². The van der Waals surface area contributed by atoms with Gasteiger partial charge < -0.3 is 16.0 Å².